The van der Waals surface area contributed by atoms with Gasteiger partial charge in [0.25, 0.3) is 0 Å². The lowest BCUT2D eigenvalue weighted by atomic mass is 9.83. The number of para-hydroxylation sites is 1. The van der Waals surface area contributed by atoms with Gasteiger partial charge in [-0.05, 0) is 57.7 Å². The molecule has 1 aliphatic rings. The molecule has 2 nitrogen and oxygen atoms in total. The molecule has 1 N–H and O–H groups in total. The number of nitrogens with zero attached hydrogens (tertiary/aromatic N) is 1. The Hall–Kier alpha value is -2.26. The van der Waals surface area contributed by atoms with Crippen LogP contribution < -0.4 is 0 Å². The molecule has 0 amide bonds. The molecular weight excluding hydrogens is 348 g/mol. The Morgan fingerprint density at radius 1 is 1.15 bits per heavy atom. The van der Waals surface area contributed by atoms with Crippen molar-refractivity contribution in [3.8, 4) is 0 Å². The van der Waals surface area contributed by atoms with Crippen molar-refractivity contribution in [1.82, 2.24) is 9.55 Å². The summed E-state index contributed by atoms with van der Waals surface area (Å²) in [4.78, 5) is 6.25. The van der Waals surface area contributed by atoms with Gasteiger partial charge in [0.2, 0.25) is 0 Å². The molecule has 0 aliphatic heterocycles. The summed E-state index contributed by atoms with van der Waals surface area (Å²) in [6.07, 6.45) is 4.97. The number of thiophene rings is 1. The van der Waals surface area contributed by atoms with Gasteiger partial charge in [0, 0.05) is 50.2 Å². The lowest BCUT2D eigenvalue weighted by molar-refractivity contribution is 0.665. The fourth-order valence-electron chi connectivity index (χ4n) is 4.52. The molecule has 1 aliphatic carbocycles. The number of benzene rings is 1. The molecule has 0 bridgehead atoms. The van der Waals surface area contributed by atoms with Crippen molar-refractivity contribution >= 4 is 38.0 Å². The first-order chi connectivity index (χ1) is 13.2. The molecule has 0 atom stereocenters. The molecule has 3 aromatic heterocycles. The molecule has 0 spiro atoms. The third-order valence-electron chi connectivity index (χ3n) is 5.93. The zero-order valence-electron chi connectivity index (χ0n) is 16.4. The van der Waals surface area contributed by atoms with Crippen LogP contribution in [0.4, 0.5) is 0 Å². The molecule has 0 saturated heterocycles. The van der Waals surface area contributed by atoms with Crippen molar-refractivity contribution in [3.63, 3.8) is 0 Å². The average molecular weight is 375 g/mol. The number of rotatable bonds is 4. The first-order valence-electron chi connectivity index (χ1n) is 10.1. The minimum absolute atomic E-state index is 1.08. The summed E-state index contributed by atoms with van der Waals surface area (Å²) in [6.45, 7) is 7.80. The molecule has 0 unspecified atom stereocenters. The summed E-state index contributed by atoms with van der Waals surface area (Å²) in [5.74, 6) is 0. The zero-order chi connectivity index (χ0) is 18.5. The largest absolute Gasteiger partial charge is 0.350 e. The van der Waals surface area contributed by atoms with Gasteiger partial charge in [0.15, 0.2) is 0 Å². The number of aromatic amines is 1. The molecule has 0 radical (unpaired) electrons. The minimum Gasteiger partial charge on any atom is -0.350 e. The molecule has 3 heterocycles. The number of aromatic nitrogens is 2. The van der Waals surface area contributed by atoms with Crippen molar-refractivity contribution < 1.29 is 0 Å². The number of nitrogens with one attached hydrogen (secondary N) is 1. The third-order valence-corrected chi connectivity index (χ3v) is 7.01. The predicted octanol–water partition coefficient (Wildman–Crippen LogP) is 7.20. The van der Waals surface area contributed by atoms with Gasteiger partial charge in [0.05, 0.1) is 0 Å². The number of fused-ring (bicyclic) bond motifs is 2. The van der Waals surface area contributed by atoms with E-state index in [0.717, 1.165) is 13.0 Å². The Morgan fingerprint density at radius 2 is 1.96 bits per heavy atom. The Balaban J connectivity index is 1.79. The smallest absolute Gasteiger partial charge is 0.100 e. The molecule has 4 aromatic rings. The number of H-pyrrole nitrogens is 1. The van der Waals surface area contributed by atoms with Gasteiger partial charge in [-0.1, -0.05) is 30.7 Å². The third kappa shape index (κ3) is 2.60. The predicted molar refractivity (Wildman–Crippen MR) is 118 cm³/mol. The standard InChI is InChI=1S/C24H26N2S/c1-4-12-26-16(3)22(19-10-5-6-11-20(19)26)23(17-8-7-9-17)21-14-18-13-15(2)25-24(18)27-21/h5-6,10-11,13-14,25H,4,7-9,12H2,1-3H3. The normalized spacial score (nSPS) is 14.3. The van der Waals surface area contributed by atoms with E-state index in [1.165, 1.54) is 67.8 Å². The van der Waals surface area contributed by atoms with Crippen LogP contribution in [0.1, 0.15) is 54.4 Å². The van der Waals surface area contributed by atoms with Crippen LogP contribution in [0.2, 0.25) is 0 Å². The minimum atomic E-state index is 1.08. The van der Waals surface area contributed by atoms with E-state index in [9.17, 15) is 0 Å². The lowest BCUT2D eigenvalue weighted by Gasteiger charge is -2.22. The van der Waals surface area contributed by atoms with Crippen LogP contribution in [0.3, 0.4) is 0 Å². The van der Waals surface area contributed by atoms with Gasteiger partial charge >= 0.3 is 0 Å². The quantitative estimate of drug-likeness (QED) is 0.390. The van der Waals surface area contributed by atoms with Gasteiger partial charge < -0.3 is 9.55 Å². The first kappa shape index (κ1) is 16.9. The van der Waals surface area contributed by atoms with Crippen LogP contribution in [0.15, 0.2) is 42.0 Å². The summed E-state index contributed by atoms with van der Waals surface area (Å²) in [5, 5.41) is 2.76. The molecule has 1 saturated carbocycles. The van der Waals surface area contributed by atoms with Crippen molar-refractivity contribution in [2.24, 2.45) is 0 Å². The van der Waals surface area contributed by atoms with Crippen LogP contribution in [0.25, 0.3) is 26.7 Å². The highest BCUT2D eigenvalue weighted by Gasteiger charge is 2.25. The summed E-state index contributed by atoms with van der Waals surface area (Å²) < 4.78 is 2.52. The Kier molecular flexibility index (Phi) is 4.01. The SMILES string of the molecule is CCCn1c(C)c(C(=C2CCC2)c2cc3cc(C)[nH]c3s2)c2ccccc21. The Morgan fingerprint density at radius 3 is 2.67 bits per heavy atom. The Bertz CT molecular complexity index is 1140. The van der Waals surface area contributed by atoms with E-state index in [-0.39, 0.29) is 0 Å². The Labute approximate surface area is 164 Å². The van der Waals surface area contributed by atoms with E-state index in [0.29, 0.717) is 0 Å². The fraction of sp³-hybridized carbons (Fsp3) is 0.333. The van der Waals surface area contributed by atoms with Gasteiger partial charge in [-0.2, -0.15) is 0 Å². The topological polar surface area (TPSA) is 20.7 Å². The molecular formula is C24H26N2S. The number of allylic oxidation sites excluding steroid dienone is 1. The maximum absolute atomic E-state index is 3.53. The molecule has 138 valence electrons. The molecule has 3 heteroatoms. The van der Waals surface area contributed by atoms with Crippen LogP contribution in [-0.4, -0.2) is 9.55 Å². The van der Waals surface area contributed by atoms with E-state index in [1.807, 2.05) is 11.3 Å². The van der Waals surface area contributed by atoms with Crippen molar-refractivity contribution in [2.45, 2.75) is 53.0 Å². The van der Waals surface area contributed by atoms with Crippen LogP contribution in [-0.2, 0) is 6.54 Å². The van der Waals surface area contributed by atoms with Crippen LogP contribution >= 0.6 is 11.3 Å². The highest BCUT2D eigenvalue weighted by atomic mass is 32.1. The van der Waals surface area contributed by atoms with E-state index in [2.05, 4.69) is 66.7 Å². The molecule has 27 heavy (non-hydrogen) atoms. The summed E-state index contributed by atoms with van der Waals surface area (Å²) in [6, 6.07) is 13.6. The van der Waals surface area contributed by atoms with E-state index in [1.54, 1.807) is 5.57 Å². The van der Waals surface area contributed by atoms with E-state index >= 15 is 0 Å². The highest BCUT2D eigenvalue weighted by Crippen LogP contribution is 2.45. The van der Waals surface area contributed by atoms with Crippen molar-refractivity contribution in [3.05, 3.63) is 63.8 Å². The summed E-state index contributed by atoms with van der Waals surface area (Å²) in [7, 11) is 0. The van der Waals surface area contributed by atoms with Gasteiger partial charge in [-0.25, -0.2) is 0 Å². The average Bonchev–Trinajstić information content (AvgIpc) is 3.22. The summed E-state index contributed by atoms with van der Waals surface area (Å²) >= 11 is 1.92. The highest BCUT2D eigenvalue weighted by molar-refractivity contribution is 7.19. The lowest BCUT2D eigenvalue weighted by Crippen LogP contribution is -2.04. The van der Waals surface area contributed by atoms with Crippen LogP contribution in [0.5, 0.6) is 0 Å². The second kappa shape index (κ2) is 6.42. The fourth-order valence-corrected chi connectivity index (χ4v) is 5.72. The van der Waals surface area contributed by atoms with Gasteiger partial charge in [-0.3, -0.25) is 0 Å². The van der Waals surface area contributed by atoms with Crippen LogP contribution in [0, 0.1) is 13.8 Å². The maximum Gasteiger partial charge on any atom is 0.100 e. The number of aryl methyl sites for hydroxylation is 2. The second-order valence-corrected chi connectivity index (χ2v) is 8.86. The summed E-state index contributed by atoms with van der Waals surface area (Å²) in [5.41, 5.74) is 8.66. The first-order valence-corrected chi connectivity index (χ1v) is 10.9. The van der Waals surface area contributed by atoms with Crippen molar-refractivity contribution in [2.75, 3.05) is 0 Å². The van der Waals surface area contributed by atoms with E-state index in [4.69, 9.17) is 0 Å². The van der Waals surface area contributed by atoms with Gasteiger partial charge in [0.1, 0.15) is 4.83 Å². The second-order valence-electron chi connectivity index (χ2n) is 7.81. The monoisotopic (exact) mass is 374 g/mol. The van der Waals surface area contributed by atoms with E-state index < -0.39 is 0 Å². The van der Waals surface area contributed by atoms with Crippen molar-refractivity contribution in [1.29, 1.82) is 0 Å². The van der Waals surface area contributed by atoms with Gasteiger partial charge in [-0.15, -0.1) is 11.3 Å². The molecule has 1 fully saturated rings. The number of hydrogen-bond acceptors (Lipinski definition) is 1. The molecule has 5 rings (SSSR count). The molecule has 1 aromatic carbocycles. The zero-order valence-corrected chi connectivity index (χ0v) is 17.2. The maximum atomic E-state index is 3.53. The number of hydrogen-bond donors (Lipinski definition) is 1.